The summed E-state index contributed by atoms with van der Waals surface area (Å²) in [5, 5.41) is 8.50. The number of hydrogen-bond acceptors (Lipinski definition) is 4. The minimum absolute atomic E-state index is 0.249. The average Bonchev–Trinajstić information content (AvgIpc) is 2.45. The number of allylic oxidation sites excluding steroid dienone is 1. The maximum Gasteiger partial charge on any atom is 0.328 e. The topological polar surface area (TPSA) is 76.0 Å². The highest BCUT2D eigenvalue weighted by Gasteiger charge is 2.18. The van der Waals surface area contributed by atoms with E-state index < -0.39 is 12.1 Å². The zero-order chi connectivity index (χ0) is 14.4. The largest absolute Gasteiger partial charge is 0.478 e. The highest BCUT2D eigenvalue weighted by molar-refractivity contribution is 6.07. The lowest BCUT2D eigenvalue weighted by molar-refractivity contribution is -0.131. The van der Waals surface area contributed by atoms with E-state index in [1.807, 2.05) is 30.3 Å². The molecule has 0 saturated heterocycles. The van der Waals surface area contributed by atoms with Crippen LogP contribution in [0.15, 0.2) is 59.2 Å². The van der Waals surface area contributed by atoms with Crippen LogP contribution in [0.1, 0.15) is 5.56 Å². The maximum atomic E-state index is 11.8. The van der Waals surface area contributed by atoms with E-state index in [9.17, 15) is 9.59 Å². The summed E-state index contributed by atoms with van der Waals surface area (Å²) in [6, 6.07) is 9.50. The fourth-order valence-corrected chi connectivity index (χ4v) is 1.63. The second kappa shape index (κ2) is 6.58. The molecule has 5 nitrogen and oxygen atoms in total. The highest BCUT2D eigenvalue weighted by atomic mass is 16.5. The van der Waals surface area contributed by atoms with Gasteiger partial charge >= 0.3 is 5.97 Å². The third-order valence-electron chi connectivity index (χ3n) is 2.60. The number of carboxylic acids is 1. The zero-order valence-electron chi connectivity index (χ0n) is 10.6. The number of ketones is 1. The first-order valence-corrected chi connectivity index (χ1v) is 6.01. The Morgan fingerprint density at radius 2 is 2.10 bits per heavy atom. The minimum Gasteiger partial charge on any atom is -0.478 e. The van der Waals surface area contributed by atoms with Crippen LogP contribution in [0.25, 0.3) is 0 Å². The van der Waals surface area contributed by atoms with Crippen LogP contribution in [0.5, 0.6) is 0 Å². The molecule has 0 spiro atoms. The molecule has 20 heavy (non-hydrogen) atoms. The van der Waals surface area contributed by atoms with Gasteiger partial charge in [-0.3, -0.25) is 9.79 Å². The summed E-state index contributed by atoms with van der Waals surface area (Å²) >= 11 is 0. The SMILES string of the molecule is O=C(O)/C=C/C1=CC(=O)C(OCc2ccccc2)C=N1. The Balaban J connectivity index is 1.92. The predicted octanol–water partition coefficient (Wildman–Crippen LogP) is 1.75. The summed E-state index contributed by atoms with van der Waals surface area (Å²) in [7, 11) is 0. The molecule has 1 aliphatic heterocycles. The lowest BCUT2D eigenvalue weighted by Gasteiger charge is -2.14. The molecular weight excluding hydrogens is 258 g/mol. The molecule has 1 N–H and O–H groups in total. The number of nitrogens with zero attached hydrogens (tertiary/aromatic N) is 1. The Morgan fingerprint density at radius 3 is 2.75 bits per heavy atom. The van der Waals surface area contributed by atoms with Gasteiger partial charge in [-0.05, 0) is 11.6 Å². The summed E-state index contributed by atoms with van der Waals surface area (Å²) in [4.78, 5) is 26.2. The smallest absolute Gasteiger partial charge is 0.328 e. The number of carbonyl (C=O) groups is 2. The van der Waals surface area contributed by atoms with Crippen molar-refractivity contribution >= 4 is 18.0 Å². The molecule has 1 aliphatic rings. The lowest BCUT2D eigenvalue weighted by atomic mass is 10.1. The average molecular weight is 271 g/mol. The van der Waals surface area contributed by atoms with Gasteiger partial charge < -0.3 is 9.84 Å². The number of ether oxygens (including phenoxy) is 1. The van der Waals surface area contributed by atoms with Crippen molar-refractivity contribution < 1.29 is 19.4 Å². The van der Waals surface area contributed by atoms with Gasteiger partial charge in [-0.25, -0.2) is 4.79 Å². The molecule has 1 aromatic rings. The van der Waals surface area contributed by atoms with Crippen molar-refractivity contribution in [3.05, 3.63) is 59.8 Å². The molecule has 0 saturated carbocycles. The Bertz CT molecular complexity index is 587. The molecule has 0 aromatic heterocycles. The van der Waals surface area contributed by atoms with E-state index in [4.69, 9.17) is 9.84 Å². The zero-order valence-corrected chi connectivity index (χ0v) is 10.6. The Kier molecular flexibility index (Phi) is 4.57. The second-order valence-electron chi connectivity index (χ2n) is 4.14. The Labute approximate surface area is 115 Å². The third kappa shape index (κ3) is 4.00. The van der Waals surface area contributed by atoms with Crippen molar-refractivity contribution in [1.82, 2.24) is 0 Å². The predicted molar refractivity (Wildman–Crippen MR) is 73.4 cm³/mol. The van der Waals surface area contributed by atoms with Gasteiger partial charge in [-0.2, -0.15) is 0 Å². The first-order chi connectivity index (χ1) is 9.65. The third-order valence-corrected chi connectivity index (χ3v) is 2.60. The number of benzene rings is 1. The lowest BCUT2D eigenvalue weighted by Crippen LogP contribution is -2.26. The van der Waals surface area contributed by atoms with Crippen LogP contribution in [0, 0.1) is 0 Å². The van der Waals surface area contributed by atoms with Gasteiger partial charge in [0.05, 0.1) is 12.3 Å². The fraction of sp³-hybridized carbons (Fsp3) is 0.133. The van der Waals surface area contributed by atoms with Crippen molar-refractivity contribution in [3.8, 4) is 0 Å². The number of aliphatic imine (C=N–C) groups is 1. The van der Waals surface area contributed by atoms with Gasteiger partial charge in [-0.15, -0.1) is 0 Å². The maximum absolute atomic E-state index is 11.8. The molecule has 0 amide bonds. The molecular formula is C15H13NO4. The highest BCUT2D eigenvalue weighted by Crippen LogP contribution is 2.10. The van der Waals surface area contributed by atoms with Gasteiger partial charge in [0.25, 0.3) is 0 Å². The molecule has 0 bridgehead atoms. The number of hydrogen-bond donors (Lipinski definition) is 1. The van der Waals surface area contributed by atoms with Crippen LogP contribution in [0.4, 0.5) is 0 Å². The summed E-state index contributed by atoms with van der Waals surface area (Å²) in [5.41, 5.74) is 1.27. The monoisotopic (exact) mass is 271 g/mol. The Morgan fingerprint density at radius 1 is 1.35 bits per heavy atom. The second-order valence-corrected chi connectivity index (χ2v) is 4.14. The van der Waals surface area contributed by atoms with Gasteiger partial charge in [0.2, 0.25) is 0 Å². The van der Waals surface area contributed by atoms with Crippen LogP contribution in [-0.4, -0.2) is 29.2 Å². The first kappa shape index (κ1) is 13.9. The number of rotatable bonds is 5. The van der Waals surface area contributed by atoms with Crippen LogP contribution >= 0.6 is 0 Å². The molecule has 1 aromatic carbocycles. The summed E-state index contributed by atoms with van der Waals surface area (Å²) in [6.45, 7) is 0.317. The van der Waals surface area contributed by atoms with Crippen LogP contribution < -0.4 is 0 Å². The van der Waals surface area contributed by atoms with E-state index in [0.717, 1.165) is 11.6 Å². The van der Waals surface area contributed by atoms with E-state index in [1.165, 1.54) is 18.4 Å². The molecule has 0 fully saturated rings. The molecule has 0 aliphatic carbocycles. The van der Waals surface area contributed by atoms with E-state index in [1.54, 1.807) is 0 Å². The molecule has 1 heterocycles. The number of carbonyl (C=O) groups excluding carboxylic acids is 1. The Hall–Kier alpha value is -2.53. The minimum atomic E-state index is -1.09. The summed E-state index contributed by atoms with van der Waals surface area (Å²) in [6.07, 6.45) is 4.13. The van der Waals surface area contributed by atoms with Gasteiger partial charge in [0.15, 0.2) is 11.9 Å². The van der Waals surface area contributed by atoms with Crippen LogP contribution in [0.2, 0.25) is 0 Å². The van der Waals surface area contributed by atoms with E-state index in [2.05, 4.69) is 4.99 Å². The van der Waals surface area contributed by atoms with Crippen molar-refractivity contribution in [1.29, 1.82) is 0 Å². The number of carboxylic acid groups (broad SMARTS) is 1. The van der Waals surface area contributed by atoms with Crippen molar-refractivity contribution in [2.75, 3.05) is 0 Å². The molecule has 0 radical (unpaired) electrons. The van der Waals surface area contributed by atoms with Crippen molar-refractivity contribution in [2.45, 2.75) is 12.7 Å². The van der Waals surface area contributed by atoms with Gasteiger partial charge in [0, 0.05) is 18.4 Å². The quantitative estimate of drug-likeness (QED) is 0.828. The first-order valence-electron chi connectivity index (χ1n) is 6.01. The van der Waals surface area contributed by atoms with Crippen molar-refractivity contribution in [2.24, 2.45) is 4.99 Å². The van der Waals surface area contributed by atoms with Crippen LogP contribution in [0.3, 0.4) is 0 Å². The molecule has 5 heteroatoms. The molecule has 102 valence electrons. The van der Waals surface area contributed by atoms with Gasteiger partial charge in [0.1, 0.15) is 0 Å². The number of aliphatic carboxylic acids is 1. The fourth-order valence-electron chi connectivity index (χ4n) is 1.63. The molecule has 2 rings (SSSR count). The summed E-state index contributed by atoms with van der Waals surface area (Å²) in [5.74, 6) is -1.34. The van der Waals surface area contributed by atoms with E-state index >= 15 is 0 Å². The van der Waals surface area contributed by atoms with E-state index in [0.29, 0.717) is 12.3 Å². The molecule has 1 unspecified atom stereocenters. The van der Waals surface area contributed by atoms with Gasteiger partial charge in [-0.1, -0.05) is 30.3 Å². The molecule has 1 atom stereocenters. The van der Waals surface area contributed by atoms with Crippen LogP contribution in [-0.2, 0) is 20.9 Å². The normalized spacial score (nSPS) is 18.3. The van der Waals surface area contributed by atoms with E-state index in [-0.39, 0.29) is 5.78 Å². The van der Waals surface area contributed by atoms with Crippen molar-refractivity contribution in [3.63, 3.8) is 0 Å². The standard InChI is InChI=1S/C15H13NO4/c17-13-8-12(6-7-15(18)19)16-9-14(13)20-10-11-4-2-1-3-5-11/h1-9,14H,10H2,(H,18,19)/b7-6+. The summed E-state index contributed by atoms with van der Waals surface area (Å²) < 4.78 is 5.47.